The summed E-state index contributed by atoms with van der Waals surface area (Å²) in [5.41, 5.74) is 3.35. The molecule has 17 heteroatoms. The molecule has 0 radical (unpaired) electrons. The summed E-state index contributed by atoms with van der Waals surface area (Å²) in [5.74, 6) is 2.39. The van der Waals surface area contributed by atoms with E-state index in [1.54, 1.807) is 10.3 Å². The smallest absolute Gasteiger partial charge is 0.256 e. The van der Waals surface area contributed by atoms with Gasteiger partial charge in [0.15, 0.2) is 0 Å². The van der Waals surface area contributed by atoms with Crippen molar-refractivity contribution in [2.24, 2.45) is 0 Å². The zero-order valence-corrected chi connectivity index (χ0v) is 34.9. The molecule has 4 amide bonds. The molecular weight excluding hydrogens is 777 g/mol. The van der Waals surface area contributed by atoms with E-state index in [9.17, 15) is 23.4 Å². The van der Waals surface area contributed by atoms with Gasteiger partial charge in [0.05, 0.1) is 46.7 Å². The number of nitrogens with zero attached hydrogens (tertiary/aromatic N) is 6. The number of aromatic nitrogens is 4. The summed E-state index contributed by atoms with van der Waals surface area (Å²) >= 11 is 1.46. The molecule has 310 valence electrons. The van der Waals surface area contributed by atoms with Crippen molar-refractivity contribution in [1.82, 2.24) is 35.5 Å². The Balaban J connectivity index is 0.682. The second-order valence-corrected chi connectivity index (χ2v) is 19.1. The molecule has 3 aromatic heterocycles. The number of carbonyl (C=O) groups excluding carboxylic acids is 4. The topological polar surface area (TPSA) is 192 Å². The molecule has 4 N–H and O–H groups in total. The minimum absolute atomic E-state index is 0.00135. The summed E-state index contributed by atoms with van der Waals surface area (Å²) in [6.45, 7) is 5.43. The maximum absolute atomic E-state index is 12.9. The standard InChI is InChI=1S/C41H54N10O5S2/c1-41(15-8-16-41)49-37-35-30(14-20-58(35)56)46-40(48-37)50-18-12-26(13-19-50)36-44-21-27(22-45-36)42-17-7-5-3-2-4-6-9-33(52)43-23-32-28-24-51(39(55)29(28)25-57-32)31-10-11-34(53)47-38(31)54/h21-22,25-26,31,42H,2-20,23-24H2,1H3,(H,43,52)(H,46,48,49)(H,47,53,54)/t31?,58-/m1/s1. The molecule has 1 unspecified atom stereocenters. The number of piperidine rings is 2. The lowest BCUT2D eigenvalue weighted by Crippen LogP contribution is -2.52. The van der Waals surface area contributed by atoms with Crippen molar-refractivity contribution >= 4 is 63.2 Å². The number of carbonyl (C=O) groups is 4. The van der Waals surface area contributed by atoms with E-state index in [0.717, 1.165) is 135 Å². The van der Waals surface area contributed by atoms with Gasteiger partial charge in [0, 0.05) is 72.9 Å². The summed E-state index contributed by atoms with van der Waals surface area (Å²) in [6.07, 6.45) is 17.0. The monoisotopic (exact) mass is 830 g/mol. The van der Waals surface area contributed by atoms with E-state index < -0.39 is 22.7 Å². The summed E-state index contributed by atoms with van der Waals surface area (Å²) in [4.78, 5) is 74.2. The van der Waals surface area contributed by atoms with E-state index in [4.69, 9.17) is 19.9 Å². The predicted molar refractivity (Wildman–Crippen MR) is 222 cm³/mol. The van der Waals surface area contributed by atoms with Crippen LogP contribution in [-0.4, -0.2) is 89.6 Å². The molecule has 2 saturated heterocycles. The fourth-order valence-corrected chi connectivity index (χ4v) is 11.0. The molecule has 5 aliphatic rings. The average molecular weight is 831 g/mol. The molecule has 15 nitrogen and oxygen atoms in total. The van der Waals surface area contributed by atoms with Crippen molar-refractivity contribution in [1.29, 1.82) is 0 Å². The van der Waals surface area contributed by atoms with Gasteiger partial charge >= 0.3 is 0 Å². The van der Waals surface area contributed by atoms with E-state index >= 15 is 0 Å². The van der Waals surface area contributed by atoms with Crippen LogP contribution in [0.4, 0.5) is 17.5 Å². The van der Waals surface area contributed by atoms with Crippen molar-refractivity contribution in [3.8, 4) is 0 Å². The van der Waals surface area contributed by atoms with Crippen molar-refractivity contribution in [2.75, 3.05) is 40.9 Å². The van der Waals surface area contributed by atoms with E-state index in [2.05, 4.69) is 33.1 Å². The van der Waals surface area contributed by atoms with Crippen molar-refractivity contribution in [2.45, 2.75) is 139 Å². The Kier molecular flexibility index (Phi) is 12.3. The van der Waals surface area contributed by atoms with Crippen LogP contribution in [-0.2, 0) is 44.7 Å². The number of hydrogen-bond acceptors (Lipinski definition) is 13. The van der Waals surface area contributed by atoms with E-state index in [0.29, 0.717) is 43.2 Å². The van der Waals surface area contributed by atoms with Crippen LogP contribution in [0.15, 0.2) is 22.7 Å². The molecule has 3 aromatic rings. The van der Waals surface area contributed by atoms with Crippen LogP contribution in [0, 0.1) is 0 Å². The van der Waals surface area contributed by atoms with Gasteiger partial charge in [0.2, 0.25) is 23.7 Å². The Hall–Kier alpha value is -4.51. The molecule has 0 aromatic carbocycles. The molecule has 4 aliphatic heterocycles. The maximum atomic E-state index is 12.9. The molecule has 0 bridgehead atoms. The van der Waals surface area contributed by atoms with Gasteiger partial charge in [-0.1, -0.05) is 25.7 Å². The number of anilines is 3. The Bertz CT molecular complexity index is 2050. The van der Waals surface area contributed by atoms with Gasteiger partial charge in [-0.25, -0.2) is 15.0 Å². The highest BCUT2D eigenvalue weighted by molar-refractivity contribution is 7.85. The third-order valence-corrected chi connectivity index (χ3v) is 14.8. The number of imide groups is 1. The van der Waals surface area contributed by atoms with Gasteiger partial charge in [0.25, 0.3) is 5.91 Å². The van der Waals surface area contributed by atoms with Crippen LogP contribution >= 0.6 is 11.3 Å². The Morgan fingerprint density at radius 1 is 1.00 bits per heavy atom. The first-order valence-electron chi connectivity index (χ1n) is 21.0. The van der Waals surface area contributed by atoms with Gasteiger partial charge in [0.1, 0.15) is 22.6 Å². The first-order chi connectivity index (χ1) is 28.1. The molecule has 8 rings (SSSR count). The number of fused-ring (bicyclic) bond motifs is 2. The highest BCUT2D eigenvalue weighted by Crippen LogP contribution is 2.39. The third-order valence-electron chi connectivity index (χ3n) is 12.4. The molecular formula is C41H54N10O5S2. The Morgan fingerprint density at radius 2 is 1.76 bits per heavy atom. The summed E-state index contributed by atoms with van der Waals surface area (Å²) in [6, 6.07) is -0.637. The van der Waals surface area contributed by atoms with Crippen LogP contribution < -0.4 is 26.2 Å². The lowest BCUT2D eigenvalue weighted by molar-refractivity contribution is -0.137. The molecule has 7 heterocycles. The van der Waals surface area contributed by atoms with Gasteiger partial charge in [-0.3, -0.25) is 28.7 Å². The lowest BCUT2D eigenvalue weighted by Gasteiger charge is -2.40. The van der Waals surface area contributed by atoms with Crippen molar-refractivity contribution < 1.29 is 23.4 Å². The molecule has 2 atom stereocenters. The average Bonchev–Trinajstić information content (AvgIpc) is 3.90. The second kappa shape index (κ2) is 17.8. The zero-order valence-electron chi connectivity index (χ0n) is 33.3. The second-order valence-electron chi connectivity index (χ2n) is 16.6. The normalized spacial score (nSPS) is 21.4. The minimum atomic E-state index is -1.04. The largest absolute Gasteiger partial charge is 0.383 e. The fourth-order valence-electron chi connectivity index (χ4n) is 8.68. The van der Waals surface area contributed by atoms with Gasteiger partial charge in [-0.2, -0.15) is 4.98 Å². The van der Waals surface area contributed by atoms with Crippen LogP contribution in [0.5, 0.6) is 0 Å². The maximum Gasteiger partial charge on any atom is 0.256 e. The molecule has 58 heavy (non-hydrogen) atoms. The minimum Gasteiger partial charge on any atom is -0.383 e. The Morgan fingerprint density at radius 3 is 2.50 bits per heavy atom. The molecule has 1 saturated carbocycles. The fraction of sp³-hybridized carbons (Fsp3) is 0.610. The number of rotatable bonds is 17. The van der Waals surface area contributed by atoms with E-state index in [-0.39, 0.29) is 29.7 Å². The van der Waals surface area contributed by atoms with Gasteiger partial charge < -0.3 is 25.8 Å². The van der Waals surface area contributed by atoms with Crippen molar-refractivity contribution in [3.63, 3.8) is 0 Å². The van der Waals surface area contributed by atoms with E-state index in [1.807, 2.05) is 12.4 Å². The van der Waals surface area contributed by atoms with Crippen LogP contribution in [0.1, 0.15) is 135 Å². The van der Waals surface area contributed by atoms with Gasteiger partial charge in [-0.15, -0.1) is 11.3 Å². The zero-order chi connectivity index (χ0) is 40.2. The van der Waals surface area contributed by atoms with Crippen LogP contribution in [0.2, 0.25) is 0 Å². The third kappa shape index (κ3) is 9.04. The van der Waals surface area contributed by atoms with Crippen molar-refractivity contribution in [3.05, 3.63) is 45.3 Å². The number of hydrogen-bond donors (Lipinski definition) is 4. The van der Waals surface area contributed by atoms with Crippen LogP contribution in [0.3, 0.4) is 0 Å². The van der Waals surface area contributed by atoms with Gasteiger partial charge in [-0.05, 0) is 63.9 Å². The highest BCUT2D eigenvalue weighted by Gasteiger charge is 2.41. The number of aryl methyl sites for hydroxylation is 1. The lowest BCUT2D eigenvalue weighted by atomic mass is 9.78. The predicted octanol–water partition coefficient (Wildman–Crippen LogP) is 4.95. The van der Waals surface area contributed by atoms with E-state index in [1.165, 1.54) is 17.8 Å². The number of nitrogens with one attached hydrogen (secondary N) is 4. The van der Waals surface area contributed by atoms with Crippen LogP contribution in [0.25, 0.3) is 0 Å². The SMILES string of the molecule is CC1(Nc2nc(N3CCC(c4ncc(NCCCCCCCCC(=O)NCc5scc6c5CN(C5CCC(=O)NC5=O)C6=O)cn4)CC3)nc3c2[S@](=O)CC3)CCC1. The number of thiophene rings is 1. The summed E-state index contributed by atoms with van der Waals surface area (Å²) in [5, 5.41) is 14.2. The highest BCUT2D eigenvalue weighted by atomic mass is 32.2. The molecule has 3 fully saturated rings. The summed E-state index contributed by atoms with van der Waals surface area (Å²) in [7, 11) is -1.04. The first-order valence-corrected chi connectivity index (χ1v) is 23.2. The quantitative estimate of drug-likeness (QED) is 0.106. The first kappa shape index (κ1) is 40.3. The number of amides is 4. The molecule has 1 aliphatic carbocycles. The molecule has 0 spiro atoms. The Labute approximate surface area is 345 Å². The number of unbranched alkanes of at least 4 members (excludes halogenated alkanes) is 5. The summed E-state index contributed by atoms with van der Waals surface area (Å²) < 4.78 is 12.8.